The molecule has 1 heterocycles. The highest BCUT2D eigenvalue weighted by Crippen LogP contribution is 2.10. The normalized spacial score (nSPS) is 11.1. The Morgan fingerprint density at radius 1 is 1.13 bits per heavy atom. The zero-order valence-corrected chi connectivity index (χ0v) is 18.2. The maximum Gasteiger partial charge on any atom is 0.259 e. The first-order chi connectivity index (χ1) is 14.1. The van der Waals surface area contributed by atoms with Gasteiger partial charge in [0.15, 0.2) is 0 Å². The van der Waals surface area contributed by atoms with E-state index in [9.17, 15) is 18.8 Å². The summed E-state index contributed by atoms with van der Waals surface area (Å²) in [7, 11) is 1.65. The largest absolute Gasteiger partial charge is 0.352 e. The molecule has 0 radical (unpaired) electrons. The molecule has 1 aromatic heterocycles. The third-order valence-corrected chi connectivity index (χ3v) is 4.69. The molecule has 0 bridgehead atoms. The van der Waals surface area contributed by atoms with Gasteiger partial charge < -0.3 is 14.8 Å². The number of hydrogen-bond acceptors (Lipinski definition) is 3. The van der Waals surface area contributed by atoms with E-state index in [-0.39, 0.29) is 35.4 Å². The number of rotatable bonds is 8. The Morgan fingerprint density at radius 3 is 2.40 bits per heavy atom. The lowest BCUT2D eigenvalue weighted by molar-refractivity contribution is 0.0777. The molecule has 7 heteroatoms. The van der Waals surface area contributed by atoms with Crippen molar-refractivity contribution < 1.29 is 14.0 Å². The van der Waals surface area contributed by atoms with Crippen molar-refractivity contribution in [3.8, 4) is 0 Å². The Labute approximate surface area is 176 Å². The molecule has 2 rings (SSSR count). The van der Waals surface area contributed by atoms with Crippen LogP contribution in [0.25, 0.3) is 0 Å². The number of halogens is 1. The van der Waals surface area contributed by atoms with Crippen LogP contribution in [0.1, 0.15) is 60.0 Å². The molecule has 0 saturated heterocycles. The standard InChI is InChI=1S/C23H30FN3O3/c1-15(2)12-26(5)23(30)20-14-27(16(3)4)13-19(21(20)28)22(29)25-10-9-17-7-6-8-18(24)11-17/h6-8,11,13-16H,9-10,12H2,1-5H3,(H,25,29). The molecule has 6 nitrogen and oxygen atoms in total. The number of carbonyl (C=O) groups is 2. The number of pyridine rings is 1. The molecule has 1 N–H and O–H groups in total. The van der Waals surface area contributed by atoms with Crippen LogP contribution in [0.5, 0.6) is 0 Å². The van der Waals surface area contributed by atoms with Crippen molar-refractivity contribution in [3.63, 3.8) is 0 Å². The summed E-state index contributed by atoms with van der Waals surface area (Å²) in [6.45, 7) is 8.53. The van der Waals surface area contributed by atoms with Gasteiger partial charge in [-0.05, 0) is 43.9 Å². The smallest absolute Gasteiger partial charge is 0.259 e. The van der Waals surface area contributed by atoms with Crippen molar-refractivity contribution in [1.29, 1.82) is 0 Å². The number of amides is 2. The molecule has 0 atom stereocenters. The summed E-state index contributed by atoms with van der Waals surface area (Å²) in [5, 5.41) is 2.70. The van der Waals surface area contributed by atoms with E-state index in [1.807, 2.05) is 27.7 Å². The van der Waals surface area contributed by atoms with Gasteiger partial charge in [0.2, 0.25) is 5.43 Å². The first-order valence-electron chi connectivity index (χ1n) is 10.1. The molecule has 2 aromatic rings. The van der Waals surface area contributed by atoms with Crippen molar-refractivity contribution in [2.75, 3.05) is 20.1 Å². The van der Waals surface area contributed by atoms with Crippen molar-refractivity contribution in [1.82, 2.24) is 14.8 Å². The first kappa shape index (κ1) is 23.3. The number of nitrogens with one attached hydrogen (secondary N) is 1. The van der Waals surface area contributed by atoms with Crippen LogP contribution in [0.3, 0.4) is 0 Å². The summed E-state index contributed by atoms with van der Waals surface area (Å²) >= 11 is 0. The molecular formula is C23H30FN3O3. The zero-order chi connectivity index (χ0) is 22.4. The van der Waals surface area contributed by atoms with Gasteiger partial charge in [-0.2, -0.15) is 0 Å². The van der Waals surface area contributed by atoms with E-state index >= 15 is 0 Å². The fraction of sp³-hybridized carbons (Fsp3) is 0.435. The van der Waals surface area contributed by atoms with Crippen LogP contribution in [0.15, 0.2) is 41.5 Å². The van der Waals surface area contributed by atoms with E-state index in [0.717, 1.165) is 5.56 Å². The highest BCUT2D eigenvalue weighted by molar-refractivity contribution is 5.99. The predicted octanol–water partition coefficient (Wildman–Crippen LogP) is 3.27. The molecule has 0 spiro atoms. The van der Waals surface area contributed by atoms with E-state index in [0.29, 0.717) is 13.0 Å². The van der Waals surface area contributed by atoms with E-state index in [1.54, 1.807) is 23.7 Å². The number of hydrogen-bond donors (Lipinski definition) is 1. The van der Waals surface area contributed by atoms with Gasteiger partial charge in [-0.25, -0.2) is 4.39 Å². The number of carbonyl (C=O) groups excluding carboxylic acids is 2. The van der Waals surface area contributed by atoms with Crippen LogP contribution in [-0.2, 0) is 6.42 Å². The SMILES string of the molecule is CC(C)CN(C)C(=O)c1cn(C(C)C)cc(C(=O)NCCc2cccc(F)c2)c1=O. The summed E-state index contributed by atoms with van der Waals surface area (Å²) in [4.78, 5) is 39.9. The van der Waals surface area contributed by atoms with Gasteiger partial charge in [0.05, 0.1) is 0 Å². The fourth-order valence-electron chi connectivity index (χ4n) is 3.15. The summed E-state index contributed by atoms with van der Waals surface area (Å²) < 4.78 is 15.0. The summed E-state index contributed by atoms with van der Waals surface area (Å²) in [5.41, 5.74) is 0.0567. The molecule has 0 aliphatic heterocycles. The molecular weight excluding hydrogens is 385 g/mol. The van der Waals surface area contributed by atoms with Gasteiger partial charge >= 0.3 is 0 Å². The van der Waals surface area contributed by atoms with E-state index in [4.69, 9.17) is 0 Å². The Bertz CT molecular complexity index is 966. The van der Waals surface area contributed by atoms with Crippen LogP contribution in [-0.4, -0.2) is 41.4 Å². The topological polar surface area (TPSA) is 71.4 Å². The Kier molecular flexibility index (Phi) is 7.92. The second kappa shape index (κ2) is 10.2. The molecule has 1 aromatic carbocycles. The molecule has 162 valence electrons. The average molecular weight is 416 g/mol. The van der Waals surface area contributed by atoms with Gasteiger partial charge in [-0.3, -0.25) is 14.4 Å². The Morgan fingerprint density at radius 2 is 1.80 bits per heavy atom. The van der Waals surface area contributed by atoms with Gasteiger partial charge in [0, 0.05) is 38.6 Å². The average Bonchev–Trinajstić information content (AvgIpc) is 2.66. The van der Waals surface area contributed by atoms with Crippen LogP contribution >= 0.6 is 0 Å². The molecule has 0 aliphatic rings. The van der Waals surface area contributed by atoms with Gasteiger partial charge in [-0.15, -0.1) is 0 Å². The summed E-state index contributed by atoms with van der Waals surface area (Å²) in [6, 6.07) is 6.10. The maximum atomic E-state index is 13.3. The molecule has 2 amide bonds. The molecule has 0 unspecified atom stereocenters. The van der Waals surface area contributed by atoms with Gasteiger partial charge in [0.1, 0.15) is 16.9 Å². The first-order valence-corrected chi connectivity index (χ1v) is 10.1. The van der Waals surface area contributed by atoms with Crippen LogP contribution in [0.4, 0.5) is 4.39 Å². The molecule has 0 aliphatic carbocycles. The minimum atomic E-state index is -0.587. The second-order valence-electron chi connectivity index (χ2n) is 8.17. The van der Waals surface area contributed by atoms with E-state index in [1.165, 1.54) is 29.4 Å². The Balaban J connectivity index is 2.25. The molecule has 30 heavy (non-hydrogen) atoms. The lowest BCUT2D eigenvalue weighted by Gasteiger charge is -2.21. The summed E-state index contributed by atoms with van der Waals surface area (Å²) in [5.74, 6) is -1.04. The van der Waals surface area contributed by atoms with Crippen LogP contribution in [0.2, 0.25) is 0 Å². The third-order valence-electron chi connectivity index (χ3n) is 4.69. The van der Waals surface area contributed by atoms with E-state index in [2.05, 4.69) is 5.32 Å². The number of nitrogens with zero attached hydrogens (tertiary/aromatic N) is 2. The summed E-state index contributed by atoms with van der Waals surface area (Å²) in [6.07, 6.45) is 3.41. The van der Waals surface area contributed by atoms with Crippen molar-refractivity contribution in [3.05, 3.63) is 69.4 Å². The highest BCUT2D eigenvalue weighted by Gasteiger charge is 2.22. The minimum absolute atomic E-state index is 0.0235. The van der Waals surface area contributed by atoms with Crippen LogP contribution in [0, 0.1) is 11.7 Å². The lowest BCUT2D eigenvalue weighted by Crippen LogP contribution is -2.38. The maximum absolute atomic E-state index is 13.3. The minimum Gasteiger partial charge on any atom is -0.352 e. The van der Waals surface area contributed by atoms with Crippen molar-refractivity contribution in [2.24, 2.45) is 5.92 Å². The van der Waals surface area contributed by atoms with Gasteiger partial charge in [0.25, 0.3) is 11.8 Å². The van der Waals surface area contributed by atoms with Crippen LogP contribution < -0.4 is 10.7 Å². The number of aromatic nitrogens is 1. The van der Waals surface area contributed by atoms with Crippen molar-refractivity contribution >= 4 is 11.8 Å². The fourth-order valence-corrected chi connectivity index (χ4v) is 3.15. The zero-order valence-electron chi connectivity index (χ0n) is 18.2. The highest BCUT2D eigenvalue weighted by atomic mass is 19.1. The number of benzene rings is 1. The monoisotopic (exact) mass is 415 g/mol. The van der Waals surface area contributed by atoms with Crippen molar-refractivity contribution in [2.45, 2.75) is 40.2 Å². The lowest BCUT2D eigenvalue weighted by atomic mass is 10.1. The van der Waals surface area contributed by atoms with Gasteiger partial charge in [-0.1, -0.05) is 26.0 Å². The molecule has 0 saturated carbocycles. The molecule has 0 fully saturated rings. The quantitative estimate of drug-likeness (QED) is 0.719. The van der Waals surface area contributed by atoms with E-state index < -0.39 is 17.2 Å². The second-order valence-corrected chi connectivity index (χ2v) is 8.17. The Hall–Kier alpha value is -2.96. The third kappa shape index (κ3) is 6.02. The predicted molar refractivity (Wildman–Crippen MR) is 115 cm³/mol.